The molecule has 3 aliphatic carbocycles. The smallest absolute Gasteiger partial charge is 0.332 e. The lowest BCUT2D eigenvalue weighted by molar-refractivity contribution is -0.136. The Morgan fingerprint density at radius 2 is 1.61 bits per heavy atom. The van der Waals surface area contributed by atoms with E-state index >= 15 is 0 Å². The SMILES string of the molecule is CCCn1c(=O)c2[nH]c(C34CCC(C(=O)CNCC(=O)O)(CC3)CC4)nc2n(CCC)c1=O. The average Bonchev–Trinajstić information content (AvgIpc) is 3.27. The molecule has 0 saturated heterocycles. The molecule has 2 aromatic heterocycles. The van der Waals surface area contributed by atoms with Crippen LogP contribution in [0.2, 0.25) is 0 Å². The Bertz CT molecular complexity index is 1170. The molecule has 3 N–H and O–H groups in total. The van der Waals surface area contributed by atoms with Crippen molar-refractivity contribution in [3.05, 3.63) is 26.7 Å². The molecule has 0 radical (unpaired) electrons. The van der Waals surface area contributed by atoms with E-state index in [4.69, 9.17) is 10.1 Å². The predicted molar refractivity (Wildman–Crippen MR) is 123 cm³/mol. The van der Waals surface area contributed by atoms with E-state index in [1.807, 2.05) is 13.8 Å². The maximum absolute atomic E-state index is 13.1. The van der Waals surface area contributed by atoms with Gasteiger partial charge in [0.2, 0.25) is 0 Å². The number of nitrogens with one attached hydrogen (secondary N) is 2. The minimum Gasteiger partial charge on any atom is -0.480 e. The molecule has 10 heteroatoms. The number of Topliss-reactive ketones (excluding diaryl/α,β-unsaturated/α-hetero) is 1. The predicted octanol–water partition coefficient (Wildman–Crippen LogP) is 1.54. The highest BCUT2D eigenvalue weighted by Crippen LogP contribution is 2.57. The molecule has 3 saturated carbocycles. The van der Waals surface area contributed by atoms with E-state index in [0.717, 1.165) is 50.8 Å². The quantitative estimate of drug-likeness (QED) is 0.490. The summed E-state index contributed by atoms with van der Waals surface area (Å²) >= 11 is 0. The van der Waals surface area contributed by atoms with Gasteiger partial charge in [-0.3, -0.25) is 23.5 Å². The number of rotatable bonds is 10. The van der Waals surface area contributed by atoms with Gasteiger partial charge in [-0.25, -0.2) is 9.78 Å². The van der Waals surface area contributed by atoms with Crippen molar-refractivity contribution >= 4 is 22.9 Å². The molecule has 0 amide bonds. The van der Waals surface area contributed by atoms with Gasteiger partial charge in [-0.05, 0) is 51.4 Å². The summed E-state index contributed by atoms with van der Waals surface area (Å²) in [5.41, 5.74) is -0.447. The lowest BCUT2D eigenvalue weighted by Crippen LogP contribution is -2.50. The molecule has 2 aromatic rings. The normalized spacial score (nSPS) is 24.4. The fourth-order valence-electron chi connectivity index (χ4n) is 5.69. The summed E-state index contributed by atoms with van der Waals surface area (Å²) in [5, 5.41) is 11.5. The third-order valence-electron chi connectivity index (χ3n) is 7.66. The number of aromatic amines is 1. The zero-order valence-electron chi connectivity index (χ0n) is 19.4. The monoisotopic (exact) mass is 459 g/mol. The molecular formula is C23H33N5O5. The molecule has 3 fully saturated rings. The molecule has 0 aromatic carbocycles. The maximum atomic E-state index is 13.1. The van der Waals surface area contributed by atoms with Crippen LogP contribution < -0.4 is 16.6 Å². The van der Waals surface area contributed by atoms with Crippen LogP contribution in [-0.2, 0) is 28.1 Å². The van der Waals surface area contributed by atoms with Gasteiger partial charge in [-0.15, -0.1) is 0 Å². The molecular weight excluding hydrogens is 426 g/mol. The molecule has 3 aliphatic rings. The molecule has 2 heterocycles. The van der Waals surface area contributed by atoms with Gasteiger partial charge in [0.05, 0.1) is 13.1 Å². The molecule has 0 atom stereocenters. The number of carboxylic acids is 1. The Morgan fingerprint density at radius 3 is 2.18 bits per heavy atom. The summed E-state index contributed by atoms with van der Waals surface area (Å²) in [6.45, 7) is 4.65. The second-order valence-corrected chi connectivity index (χ2v) is 9.66. The summed E-state index contributed by atoms with van der Waals surface area (Å²) in [5.74, 6) is -0.144. The van der Waals surface area contributed by atoms with Crippen molar-refractivity contribution in [2.45, 2.75) is 83.7 Å². The van der Waals surface area contributed by atoms with Crippen molar-refractivity contribution in [2.24, 2.45) is 5.41 Å². The zero-order chi connectivity index (χ0) is 23.8. The summed E-state index contributed by atoms with van der Waals surface area (Å²) in [6, 6.07) is 0. The second kappa shape index (κ2) is 8.89. The van der Waals surface area contributed by atoms with Crippen molar-refractivity contribution in [1.82, 2.24) is 24.4 Å². The van der Waals surface area contributed by atoms with Crippen molar-refractivity contribution in [3.63, 3.8) is 0 Å². The first-order valence-corrected chi connectivity index (χ1v) is 12.0. The fraction of sp³-hybridized carbons (Fsp3) is 0.696. The summed E-state index contributed by atoms with van der Waals surface area (Å²) < 4.78 is 2.91. The standard InChI is InChI=1S/C23H33N5O5/c1-3-11-27-18-17(19(32)28(12-4-2)21(27)33)25-20(26-18)23-8-5-22(6-9-23,7-10-23)15(29)13-24-14-16(30)31/h24H,3-14H2,1-2H3,(H,25,26)(H,30,31). The number of carbonyl (C=O) groups is 2. The number of carboxylic acid groups (broad SMARTS) is 1. The molecule has 10 nitrogen and oxygen atoms in total. The number of carbonyl (C=O) groups excluding carboxylic acids is 1. The molecule has 180 valence electrons. The van der Waals surface area contributed by atoms with Crippen LogP contribution in [0.5, 0.6) is 0 Å². The van der Waals surface area contributed by atoms with Crippen molar-refractivity contribution < 1.29 is 14.7 Å². The molecule has 0 spiro atoms. The van der Waals surface area contributed by atoms with Crippen LogP contribution in [0, 0.1) is 5.41 Å². The molecule has 5 rings (SSSR count). The van der Waals surface area contributed by atoms with Crippen molar-refractivity contribution in [1.29, 1.82) is 0 Å². The van der Waals surface area contributed by atoms with E-state index in [9.17, 15) is 19.2 Å². The number of ketones is 1. The molecule has 0 unspecified atom stereocenters. The first-order valence-electron chi connectivity index (χ1n) is 12.0. The van der Waals surface area contributed by atoms with Crippen LogP contribution in [0.15, 0.2) is 9.59 Å². The Labute approximate surface area is 191 Å². The van der Waals surface area contributed by atoms with Gasteiger partial charge >= 0.3 is 11.7 Å². The zero-order valence-corrected chi connectivity index (χ0v) is 19.4. The van der Waals surface area contributed by atoms with Crippen LogP contribution in [0.25, 0.3) is 11.2 Å². The van der Waals surface area contributed by atoms with Crippen LogP contribution >= 0.6 is 0 Å². The molecule has 0 aliphatic heterocycles. The van der Waals surface area contributed by atoms with Gasteiger partial charge in [0.15, 0.2) is 11.4 Å². The van der Waals surface area contributed by atoms with Crippen LogP contribution in [0.3, 0.4) is 0 Å². The van der Waals surface area contributed by atoms with Gasteiger partial charge in [-0.1, -0.05) is 13.8 Å². The maximum Gasteiger partial charge on any atom is 0.332 e. The van der Waals surface area contributed by atoms with E-state index in [1.54, 1.807) is 4.57 Å². The number of nitrogens with zero attached hydrogens (tertiary/aromatic N) is 3. The van der Waals surface area contributed by atoms with Gasteiger partial charge < -0.3 is 15.4 Å². The Kier molecular flexibility index (Phi) is 6.30. The van der Waals surface area contributed by atoms with E-state index in [0.29, 0.717) is 30.7 Å². The number of fused-ring (bicyclic) bond motifs is 4. The average molecular weight is 460 g/mol. The minimum absolute atomic E-state index is 0.0736. The fourth-order valence-corrected chi connectivity index (χ4v) is 5.69. The van der Waals surface area contributed by atoms with Gasteiger partial charge in [0.25, 0.3) is 5.56 Å². The van der Waals surface area contributed by atoms with Gasteiger partial charge in [-0.2, -0.15) is 0 Å². The van der Waals surface area contributed by atoms with Crippen LogP contribution in [0.4, 0.5) is 0 Å². The summed E-state index contributed by atoms with van der Waals surface area (Å²) in [7, 11) is 0. The van der Waals surface area contributed by atoms with Crippen LogP contribution in [0.1, 0.15) is 71.0 Å². The topological polar surface area (TPSA) is 139 Å². The number of H-pyrrole nitrogens is 1. The second-order valence-electron chi connectivity index (χ2n) is 9.66. The molecule has 2 bridgehead atoms. The van der Waals surface area contributed by atoms with E-state index < -0.39 is 11.4 Å². The summed E-state index contributed by atoms with van der Waals surface area (Å²) in [4.78, 5) is 57.7. The Morgan fingerprint density at radius 1 is 1.00 bits per heavy atom. The number of imidazole rings is 1. The number of aromatic nitrogens is 4. The van der Waals surface area contributed by atoms with Crippen molar-refractivity contribution in [2.75, 3.05) is 13.1 Å². The Balaban J connectivity index is 1.64. The van der Waals surface area contributed by atoms with E-state index in [1.165, 1.54) is 4.57 Å². The molecule has 33 heavy (non-hydrogen) atoms. The highest BCUT2D eigenvalue weighted by Gasteiger charge is 2.53. The number of hydrogen-bond donors (Lipinski definition) is 3. The number of aryl methyl sites for hydroxylation is 1. The van der Waals surface area contributed by atoms with E-state index in [-0.39, 0.29) is 35.5 Å². The lowest BCUT2D eigenvalue weighted by Gasteiger charge is -2.51. The lowest BCUT2D eigenvalue weighted by atomic mass is 9.52. The van der Waals surface area contributed by atoms with Gasteiger partial charge in [0, 0.05) is 23.9 Å². The first-order chi connectivity index (χ1) is 15.8. The van der Waals surface area contributed by atoms with Gasteiger partial charge in [0.1, 0.15) is 11.3 Å². The van der Waals surface area contributed by atoms with Crippen molar-refractivity contribution in [3.8, 4) is 0 Å². The Hall–Kier alpha value is -2.75. The third kappa shape index (κ3) is 3.94. The first kappa shape index (κ1) is 23.4. The number of aliphatic carboxylic acids is 1. The summed E-state index contributed by atoms with van der Waals surface area (Å²) in [6.07, 6.45) is 5.94. The third-order valence-corrected chi connectivity index (χ3v) is 7.66. The largest absolute Gasteiger partial charge is 0.480 e. The number of hydrogen-bond acceptors (Lipinski definition) is 6. The van der Waals surface area contributed by atoms with Crippen LogP contribution in [-0.4, -0.2) is 49.1 Å². The van der Waals surface area contributed by atoms with E-state index in [2.05, 4.69) is 10.3 Å². The highest BCUT2D eigenvalue weighted by atomic mass is 16.4. The highest BCUT2D eigenvalue weighted by molar-refractivity contribution is 5.87. The minimum atomic E-state index is -0.976.